The molecule has 16 heavy (non-hydrogen) atoms. The number of benzene rings is 1. The number of carbonyl (C=O) groups is 1. The number of phenols is 1. The normalized spacial score (nSPS) is 9.88. The molecule has 88 valence electrons. The van der Waals surface area contributed by atoms with Gasteiger partial charge in [0.1, 0.15) is 5.75 Å². The fraction of sp³-hybridized carbons (Fsp3) is 0.364. The molecule has 5 heteroatoms. The van der Waals surface area contributed by atoms with Gasteiger partial charge in [-0.3, -0.25) is 10.2 Å². The second kappa shape index (κ2) is 5.97. The van der Waals surface area contributed by atoms with Gasteiger partial charge in [-0.15, -0.1) is 0 Å². The molecule has 0 saturated carbocycles. The molecule has 5 nitrogen and oxygen atoms in total. The second-order valence-electron chi connectivity index (χ2n) is 3.42. The number of hydrogen-bond acceptors (Lipinski definition) is 4. The molecule has 1 amide bonds. The fourth-order valence-corrected chi connectivity index (χ4v) is 1.47. The third-order valence-corrected chi connectivity index (χ3v) is 2.35. The quantitative estimate of drug-likeness (QED) is 0.388. The zero-order valence-corrected chi connectivity index (χ0v) is 9.31. The van der Waals surface area contributed by atoms with Gasteiger partial charge in [-0.2, -0.15) is 0 Å². The largest absolute Gasteiger partial charge is 0.508 e. The van der Waals surface area contributed by atoms with Gasteiger partial charge >= 0.3 is 0 Å². The van der Waals surface area contributed by atoms with Gasteiger partial charge in [0.2, 0.25) is 5.91 Å². The minimum atomic E-state index is -0.196. The maximum absolute atomic E-state index is 11.0. The Morgan fingerprint density at radius 1 is 1.56 bits per heavy atom. The van der Waals surface area contributed by atoms with E-state index in [9.17, 15) is 9.90 Å². The third-order valence-electron chi connectivity index (χ3n) is 2.35. The van der Waals surface area contributed by atoms with Crippen LogP contribution in [0.5, 0.6) is 5.75 Å². The number of hydrazine groups is 1. The molecule has 0 aliphatic rings. The molecule has 0 heterocycles. The molecule has 4 N–H and O–H groups in total. The third kappa shape index (κ3) is 3.43. The molecule has 0 unspecified atom stereocenters. The summed E-state index contributed by atoms with van der Waals surface area (Å²) < 4.78 is 0. The lowest BCUT2D eigenvalue weighted by atomic mass is 10.2. The highest BCUT2D eigenvalue weighted by molar-refractivity contribution is 5.75. The smallest absolute Gasteiger partial charge is 0.235 e. The number of carbonyl (C=O) groups excluding carboxylic acids is 1. The van der Waals surface area contributed by atoms with E-state index in [1.807, 2.05) is 17.9 Å². The second-order valence-corrected chi connectivity index (χ2v) is 3.42. The molecule has 1 aromatic rings. The first-order valence-electron chi connectivity index (χ1n) is 5.20. The zero-order chi connectivity index (χ0) is 12.0. The first kappa shape index (κ1) is 12.3. The number of hydrogen-bond donors (Lipinski definition) is 3. The molecule has 0 aromatic heterocycles. The molecule has 0 radical (unpaired) electrons. The topological polar surface area (TPSA) is 78.6 Å². The Morgan fingerprint density at radius 3 is 2.88 bits per heavy atom. The predicted octanol–water partition coefficient (Wildman–Crippen LogP) is 0.598. The number of rotatable bonds is 5. The summed E-state index contributed by atoms with van der Waals surface area (Å²) in [5, 5.41) is 9.36. The van der Waals surface area contributed by atoms with Crippen molar-refractivity contribution < 1.29 is 9.90 Å². The Kier molecular flexibility index (Phi) is 4.60. The van der Waals surface area contributed by atoms with Crippen molar-refractivity contribution in [2.75, 3.05) is 18.0 Å². The standard InChI is InChI=1S/C11H17N3O2/c1-2-14(7-6-11(16)13-12)9-4-3-5-10(15)8-9/h3-5,8,15H,2,6-7,12H2,1H3,(H,13,16). The van der Waals surface area contributed by atoms with E-state index in [2.05, 4.69) is 5.43 Å². The summed E-state index contributed by atoms with van der Waals surface area (Å²) >= 11 is 0. The lowest BCUT2D eigenvalue weighted by Gasteiger charge is -2.22. The van der Waals surface area contributed by atoms with E-state index >= 15 is 0 Å². The summed E-state index contributed by atoms with van der Waals surface area (Å²) in [5.74, 6) is 5.03. The SMILES string of the molecule is CCN(CCC(=O)NN)c1cccc(O)c1. The van der Waals surface area contributed by atoms with Gasteiger partial charge in [0.05, 0.1) is 0 Å². The van der Waals surface area contributed by atoms with Gasteiger partial charge in [-0.05, 0) is 19.1 Å². The molecule has 0 aliphatic carbocycles. The molecule has 1 aromatic carbocycles. The van der Waals surface area contributed by atoms with E-state index in [-0.39, 0.29) is 11.7 Å². The number of nitrogens with zero attached hydrogens (tertiary/aromatic N) is 1. The first-order valence-corrected chi connectivity index (χ1v) is 5.20. The molecule has 1 rings (SSSR count). The average Bonchev–Trinajstić information content (AvgIpc) is 2.29. The molecule has 0 fully saturated rings. The number of nitrogens with two attached hydrogens (primary N) is 1. The highest BCUT2D eigenvalue weighted by Crippen LogP contribution is 2.19. The summed E-state index contributed by atoms with van der Waals surface area (Å²) in [6.07, 6.45) is 0.333. The average molecular weight is 223 g/mol. The molecular weight excluding hydrogens is 206 g/mol. The lowest BCUT2D eigenvalue weighted by Crippen LogP contribution is -2.34. The van der Waals surface area contributed by atoms with Crippen molar-refractivity contribution in [3.8, 4) is 5.75 Å². The number of phenolic OH excluding ortho intramolecular Hbond substituents is 1. The number of anilines is 1. The monoisotopic (exact) mass is 223 g/mol. The zero-order valence-electron chi connectivity index (χ0n) is 9.31. The van der Waals surface area contributed by atoms with Crippen molar-refractivity contribution in [2.45, 2.75) is 13.3 Å². The minimum Gasteiger partial charge on any atom is -0.508 e. The van der Waals surface area contributed by atoms with Crippen LogP contribution in [0, 0.1) is 0 Å². The van der Waals surface area contributed by atoms with Crippen LogP contribution in [0.25, 0.3) is 0 Å². The predicted molar refractivity (Wildman–Crippen MR) is 62.9 cm³/mol. The van der Waals surface area contributed by atoms with E-state index in [0.29, 0.717) is 13.0 Å². The van der Waals surface area contributed by atoms with Crippen LogP contribution in [-0.2, 0) is 4.79 Å². The van der Waals surface area contributed by atoms with E-state index in [0.717, 1.165) is 12.2 Å². The van der Waals surface area contributed by atoms with Gasteiger partial charge < -0.3 is 10.0 Å². The van der Waals surface area contributed by atoms with E-state index in [1.165, 1.54) is 0 Å². The number of aromatic hydroxyl groups is 1. The maximum atomic E-state index is 11.0. The Morgan fingerprint density at radius 2 is 2.31 bits per heavy atom. The summed E-state index contributed by atoms with van der Waals surface area (Å²) in [6, 6.07) is 6.95. The molecule has 0 aliphatic heterocycles. The van der Waals surface area contributed by atoms with Crippen LogP contribution in [-0.4, -0.2) is 24.1 Å². The van der Waals surface area contributed by atoms with Crippen LogP contribution in [0.15, 0.2) is 24.3 Å². The van der Waals surface area contributed by atoms with Crippen LogP contribution in [0.1, 0.15) is 13.3 Å². The minimum absolute atomic E-state index is 0.196. The molecule has 0 bridgehead atoms. The summed E-state index contributed by atoms with van der Waals surface area (Å²) in [5.41, 5.74) is 2.99. The van der Waals surface area contributed by atoms with E-state index in [1.54, 1.807) is 18.2 Å². The number of nitrogens with one attached hydrogen (secondary N) is 1. The highest BCUT2D eigenvalue weighted by Gasteiger charge is 2.07. The van der Waals surface area contributed by atoms with Crippen molar-refractivity contribution in [3.05, 3.63) is 24.3 Å². The number of amides is 1. The van der Waals surface area contributed by atoms with Crippen LogP contribution >= 0.6 is 0 Å². The Labute approximate surface area is 94.8 Å². The first-order chi connectivity index (χ1) is 7.67. The summed E-state index contributed by atoms with van der Waals surface area (Å²) in [4.78, 5) is 13.0. The highest BCUT2D eigenvalue weighted by atomic mass is 16.3. The van der Waals surface area contributed by atoms with Crippen LogP contribution in [0.2, 0.25) is 0 Å². The van der Waals surface area contributed by atoms with Gasteiger partial charge in [0.25, 0.3) is 0 Å². The lowest BCUT2D eigenvalue weighted by molar-refractivity contribution is -0.120. The van der Waals surface area contributed by atoms with Crippen LogP contribution in [0.4, 0.5) is 5.69 Å². The van der Waals surface area contributed by atoms with Gasteiger partial charge in [-0.1, -0.05) is 6.07 Å². The van der Waals surface area contributed by atoms with Gasteiger partial charge in [0.15, 0.2) is 0 Å². The molecule has 0 atom stereocenters. The molecular formula is C11H17N3O2. The van der Waals surface area contributed by atoms with Crippen LogP contribution < -0.4 is 16.2 Å². The van der Waals surface area contributed by atoms with E-state index in [4.69, 9.17) is 5.84 Å². The van der Waals surface area contributed by atoms with Crippen molar-refractivity contribution in [2.24, 2.45) is 5.84 Å². The van der Waals surface area contributed by atoms with Crippen molar-refractivity contribution in [3.63, 3.8) is 0 Å². The molecule has 0 spiro atoms. The maximum Gasteiger partial charge on any atom is 0.235 e. The summed E-state index contributed by atoms with van der Waals surface area (Å²) in [6.45, 7) is 3.33. The van der Waals surface area contributed by atoms with Crippen molar-refractivity contribution in [1.29, 1.82) is 0 Å². The summed E-state index contributed by atoms with van der Waals surface area (Å²) in [7, 11) is 0. The van der Waals surface area contributed by atoms with Crippen molar-refractivity contribution in [1.82, 2.24) is 5.43 Å². The Bertz CT molecular complexity index is 355. The van der Waals surface area contributed by atoms with Crippen molar-refractivity contribution >= 4 is 11.6 Å². The van der Waals surface area contributed by atoms with E-state index < -0.39 is 0 Å². The van der Waals surface area contributed by atoms with Crippen LogP contribution in [0.3, 0.4) is 0 Å². The Balaban J connectivity index is 2.64. The fourth-order valence-electron chi connectivity index (χ4n) is 1.47. The van der Waals surface area contributed by atoms with Gasteiger partial charge in [-0.25, -0.2) is 5.84 Å². The van der Waals surface area contributed by atoms with Gasteiger partial charge in [0, 0.05) is 31.3 Å². The molecule has 0 saturated heterocycles. The Hall–Kier alpha value is -1.75.